The van der Waals surface area contributed by atoms with Crippen LogP contribution in [0.4, 0.5) is 0 Å². The highest BCUT2D eigenvalue weighted by Gasteiger charge is 2.25. The van der Waals surface area contributed by atoms with Gasteiger partial charge in [-0.2, -0.15) is 0 Å². The molecule has 1 saturated carbocycles. The van der Waals surface area contributed by atoms with Crippen molar-refractivity contribution in [3.05, 3.63) is 26.7 Å². The lowest BCUT2D eigenvalue weighted by Gasteiger charge is -2.30. The molecule has 0 spiro atoms. The molecular formula is C25H37N3O2S2. The van der Waals surface area contributed by atoms with Crippen LogP contribution in [0.3, 0.4) is 0 Å². The zero-order valence-corrected chi connectivity index (χ0v) is 21.2. The summed E-state index contributed by atoms with van der Waals surface area (Å²) in [6, 6.07) is 0. The van der Waals surface area contributed by atoms with Crippen molar-refractivity contribution in [1.82, 2.24) is 14.9 Å². The maximum Gasteiger partial charge on any atom is 0.273 e. The number of carbonyl (C=O) groups excluding carboxylic acids is 1. The number of thiazole rings is 2. The molecule has 0 amide bonds. The zero-order valence-electron chi connectivity index (χ0n) is 19.6. The number of aryl methyl sites for hydroxylation is 1. The minimum absolute atomic E-state index is 0.394. The van der Waals surface area contributed by atoms with Gasteiger partial charge in [0.05, 0.1) is 17.3 Å². The summed E-state index contributed by atoms with van der Waals surface area (Å²) in [5.41, 5.74) is 1.27. The van der Waals surface area contributed by atoms with Gasteiger partial charge in [0.1, 0.15) is 5.78 Å². The number of Topliss-reactive ketones (excluding diaryl/α,β-unsaturated/α-hetero) is 1. The van der Waals surface area contributed by atoms with E-state index < -0.39 is 0 Å². The second kappa shape index (κ2) is 11.7. The van der Waals surface area contributed by atoms with E-state index in [1.165, 1.54) is 49.2 Å². The normalized spacial score (nSPS) is 21.8. The Balaban J connectivity index is 1.13. The molecule has 1 fully saturated rings. The summed E-state index contributed by atoms with van der Waals surface area (Å²) < 4.78 is 5.74. The Hall–Kier alpha value is -1.31. The van der Waals surface area contributed by atoms with Crippen LogP contribution in [-0.2, 0) is 24.1 Å². The Morgan fingerprint density at radius 1 is 1.16 bits per heavy atom. The second-order valence-corrected chi connectivity index (χ2v) is 11.8. The topological polar surface area (TPSA) is 55.3 Å². The molecule has 5 nitrogen and oxygen atoms in total. The second-order valence-electron chi connectivity index (χ2n) is 9.48. The van der Waals surface area contributed by atoms with Gasteiger partial charge in [0.15, 0.2) is 0 Å². The quantitative estimate of drug-likeness (QED) is 0.454. The minimum atomic E-state index is 0.394. The van der Waals surface area contributed by atoms with E-state index in [0.717, 1.165) is 66.4 Å². The third-order valence-electron chi connectivity index (χ3n) is 6.89. The van der Waals surface area contributed by atoms with Crippen molar-refractivity contribution in [2.75, 3.05) is 26.2 Å². The Morgan fingerprint density at radius 3 is 2.69 bits per heavy atom. The number of nitrogens with zero attached hydrogens (tertiary/aromatic N) is 3. The molecule has 0 N–H and O–H groups in total. The molecule has 2 aromatic heterocycles. The summed E-state index contributed by atoms with van der Waals surface area (Å²) in [5, 5.41) is 1.91. The van der Waals surface area contributed by atoms with Crippen molar-refractivity contribution in [3.63, 3.8) is 0 Å². The SMILES string of the molecule is CCCOc1nc2c(s1)CCN(CCC1CCC(CC(=O)Cc3cnc(C)s3)CC1)CC2. The Bertz CT molecular complexity index is 845. The van der Waals surface area contributed by atoms with Crippen LogP contribution < -0.4 is 4.74 Å². The predicted octanol–water partition coefficient (Wildman–Crippen LogP) is 5.50. The monoisotopic (exact) mass is 475 g/mol. The predicted molar refractivity (Wildman–Crippen MR) is 132 cm³/mol. The highest BCUT2D eigenvalue weighted by atomic mass is 32.1. The minimum Gasteiger partial charge on any atom is -0.470 e. The molecular weight excluding hydrogens is 438 g/mol. The molecule has 176 valence electrons. The first-order chi connectivity index (χ1) is 15.6. The highest BCUT2D eigenvalue weighted by Crippen LogP contribution is 2.34. The molecule has 0 saturated heterocycles. The van der Waals surface area contributed by atoms with Gasteiger partial charge in [-0.1, -0.05) is 31.1 Å². The molecule has 0 bridgehead atoms. The van der Waals surface area contributed by atoms with E-state index in [2.05, 4.69) is 16.8 Å². The van der Waals surface area contributed by atoms with Crippen molar-refractivity contribution in [2.45, 2.75) is 78.1 Å². The number of hydrogen-bond donors (Lipinski definition) is 0. The van der Waals surface area contributed by atoms with Crippen LogP contribution >= 0.6 is 22.7 Å². The molecule has 4 rings (SSSR count). The number of carbonyl (C=O) groups is 1. The fraction of sp³-hybridized carbons (Fsp3) is 0.720. The van der Waals surface area contributed by atoms with Gasteiger partial charge in [0.25, 0.3) is 5.19 Å². The van der Waals surface area contributed by atoms with Gasteiger partial charge in [-0.05, 0) is 57.4 Å². The fourth-order valence-electron chi connectivity index (χ4n) is 5.03. The van der Waals surface area contributed by atoms with Crippen molar-refractivity contribution in [1.29, 1.82) is 0 Å². The van der Waals surface area contributed by atoms with E-state index >= 15 is 0 Å². The van der Waals surface area contributed by atoms with Gasteiger partial charge in [-0.25, -0.2) is 9.97 Å². The standard InChI is InChI=1S/C25H37N3O2S2/c1-3-14-30-25-27-23-9-12-28(13-10-24(23)32-25)11-8-19-4-6-20(7-5-19)15-21(29)16-22-17-26-18(2)31-22/h17,19-20H,3-16H2,1-2H3. The molecule has 3 heterocycles. The summed E-state index contributed by atoms with van der Waals surface area (Å²) in [5.74, 6) is 1.82. The third kappa shape index (κ3) is 6.84. The van der Waals surface area contributed by atoms with Crippen molar-refractivity contribution in [3.8, 4) is 5.19 Å². The lowest BCUT2D eigenvalue weighted by molar-refractivity contribution is -0.119. The van der Waals surface area contributed by atoms with E-state index in [0.29, 0.717) is 18.1 Å². The fourth-order valence-corrected chi connectivity index (χ4v) is 6.82. The maximum absolute atomic E-state index is 12.4. The Morgan fingerprint density at radius 2 is 1.94 bits per heavy atom. The molecule has 0 atom stereocenters. The zero-order chi connectivity index (χ0) is 22.3. The van der Waals surface area contributed by atoms with Gasteiger partial charge in [-0.3, -0.25) is 4.79 Å². The smallest absolute Gasteiger partial charge is 0.273 e. The Kier molecular flexibility index (Phi) is 8.72. The van der Waals surface area contributed by atoms with Crippen LogP contribution in [0.2, 0.25) is 0 Å². The first-order valence-electron chi connectivity index (χ1n) is 12.4. The van der Waals surface area contributed by atoms with Gasteiger partial charge in [0, 0.05) is 48.3 Å². The number of hydrogen-bond acceptors (Lipinski definition) is 7. The van der Waals surface area contributed by atoms with Crippen LogP contribution in [-0.4, -0.2) is 46.9 Å². The van der Waals surface area contributed by atoms with Crippen LogP contribution in [0.1, 0.15) is 72.3 Å². The Labute approximate surface area is 200 Å². The van der Waals surface area contributed by atoms with Crippen LogP contribution in [0.15, 0.2) is 6.20 Å². The molecule has 1 aliphatic heterocycles. The lowest BCUT2D eigenvalue weighted by atomic mass is 9.78. The van der Waals surface area contributed by atoms with E-state index in [9.17, 15) is 4.79 Å². The summed E-state index contributed by atoms with van der Waals surface area (Å²) in [6.07, 6.45) is 12.7. The maximum atomic E-state index is 12.4. The highest BCUT2D eigenvalue weighted by molar-refractivity contribution is 7.13. The van der Waals surface area contributed by atoms with Gasteiger partial charge in [0.2, 0.25) is 0 Å². The summed E-state index contributed by atoms with van der Waals surface area (Å²) >= 11 is 3.41. The van der Waals surface area contributed by atoms with E-state index in [1.807, 2.05) is 13.1 Å². The molecule has 32 heavy (non-hydrogen) atoms. The van der Waals surface area contributed by atoms with Crippen LogP contribution in [0.25, 0.3) is 0 Å². The summed E-state index contributed by atoms with van der Waals surface area (Å²) in [4.78, 5) is 26.6. The number of ketones is 1. The van der Waals surface area contributed by atoms with Crippen LogP contribution in [0.5, 0.6) is 5.19 Å². The number of fused-ring (bicyclic) bond motifs is 1. The molecule has 1 aliphatic carbocycles. The van der Waals surface area contributed by atoms with Crippen molar-refractivity contribution in [2.24, 2.45) is 11.8 Å². The molecule has 0 aromatic carbocycles. The average Bonchev–Trinajstić information content (AvgIpc) is 3.32. The molecule has 2 aromatic rings. The first-order valence-corrected chi connectivity index (χ1v) is 14.0. The van der Waals surface area contributed by atoms with E-state index in [-0.39, 0.29) is 0 Å². The lowest BCUT2D eigenvalue weighted by Crippen LogP contribution is -2.30. The number of rotatable bonds is 10. The summed E-state index contributed by atoms with van der Waals surface area (Å²) in [6.45, 7) is 8.36. The molecule has 0 unspecified atom stereocenters. The van der Waals surface area contributed by atoms with Crippen molar-refractivity contribution >= 4 is 28.5 Å². The average molecular weight is 476 g/mol. The first kappa shape index (κ1) is 23.8. The number of aromatic nitrogens is 2. The van der Waals surface area contributed by atoms with E-state index in [1.54, 1.807) is 22.7 Å². The largest absolute Gasteiger partial charge is 0.470 e. The molecule has 7 heteroatoms. The molecule has 2 aliphatic rings. The number of ether oxygens (including phenoxy) is 1. The molecule has 0 radical (unpaired) electrons. The van der Waals surface area contributed by atoms with Crippen LogP contribution in [0, 0.1) is 18.8 Å². The van der Waals surface area contributed by atoms with Crippen molar-refractivity contribution < 1.29 is 9.53 Å². The van der Waals surface area contributed by atoms with E-state index in [4.69, 9.17) is 9.72 Å². The third-order valence-corrected chi connectivity index (χ3v) is 8.87. The van der Waals surface area contributed by atoms with Gasteiger partial charge in [-0.15, -0.1) is 11.3 Å². The van der Waals surface area contributed by atoms with Gasteiger partial charge < -0.3 is 9.64 Å². The van der Waals surface area contributed by atoms with Gasteiger partial charge >= 0.3 is 0 Å². The summed E-state index contributed by atoms with van der Waals surface area (Å²) in [7, 11) is 0.